The van der Waals surface area contributed by atoms with E-state index in [1.54, 1.807) is 0 Å². The van der Waals surface area contributed by atoms with Crippen molar-refractivity contribution in [3.63, 3.8) is 0 Å². The molecule has 0 radical (unpaired) electrons. The van der Waals surface area contributed by atoms with Crippen LogP contribution in [0.3, 0.4) is 0 Å². The second-order valence-electron chi connectivity index (χ2n) is 13.9. The number of epoxide rings is 1. The van der Waals surface area contributed by atoms with Gasteiger partial charge in [-0.2, -0.15) is 0 Å². The highest BCUT2D eigenvalue weighted by atomic mass is 16.6. The number of ketones is 2. The molecule has 0 N–H and O–H groups in total. The zero-order valence-corrected chi connectivity index (χ0v) is 28.1. The fourth-order valence-electron chi connectivity index (χ4n) is 6.17. The van der Waals surface area contributed by atoms with Crippen LogP contribution in [0, 0.1) is 10.8 Å². The summed E-state index contributed by atoms with van der Waals surface area (Å²) >= 11 is 0. The Balaban J connectivity index is 1.52. The van der Waals surface area contributed by atoms with Gasteiger partial charge in [0.05, 0.1) is 0 Å². The first kappa shape index (κ1) is 34.2. The van der Waals surface area contributed by atoms with E-state index in [1.807, 2.05) is 26.0 Å². The average molecular weight is 581 g/mol. The summed E-state index contributed by atoms with van der Waals surface area (Å²) in [6, 6.07) is 0. The van der Waals surface area contributed by atoms with E-state index >= 15 is 0 Å². The molecule has 1 saturated heterocycles. The molecule has 0 aromatic carbocycles. The minimum Gasteiger partial charge on any atom is -0.349 e. The van der Waals surface area contributed by atoms with Gasteiger partial charge in [0.2, 0.25) is 0 Å². The van der Waals surface area contributed by atoms with Gasteiger partial charge in [0.1, 0.15) is 5.60 Å². The summed E-state index contributed by atoms with van der Waals surface area (Å²) in [6.07, 6.45) is 32.2. The van der Waals surface area contributed by atoms with Crippen LogP contribution in [-0.2, 0) is 14.3 Å². The topological polar surface area (TPSA) is 46.7 Å². The van der Waals surface area contributed by atoms with Gasteiger partial charge in [-0.15, -0.1) is 0 Å². The number of Topliss-reactive ketones (excluding diaryl/α,β-unsaturated/α-hetero) is 2. The summed E-state index contributed by atoms with van der Waals surface area (Å²) in [5, 5.41) is 0. The van der Waals surface area contributed by atoms with Crippen LogP contribution in [0.15, 0.2) is 119 Å². The molecule has 0 bridgehead atoms. The smallest absolute Gasteiger partial charge is 0.167 e. The fraction of sp³-hybridized carbons (Fsp3) is 0.450. The molecule has 3 aliphatic rings. The van der Waals surface area contributed by atoms with Gasteiger partial charge in [-0.1, -0.05) is 129 Å². The molecule has 1 aliphatic heterocycles. The van der Waals surface area contributed by atoms with Gasteiger partial charge in [-0.05, 0) is 77.0 Å². The van der Waals surface area contributed by atoms with Gasteiger partial charge in [0, 0.05) is 18.3 Å². The number of ether oxygens (including phenoxy) is 1. The third-order valence-corrected chi connectivity index (χ3v) is 9.43. The Morgan fingerprint density at radius 3 is 1.77 bits per heavy atom. The highest BCUT2D eigenvalue weighted by Crippen LogP contribution is 2.64. The van der Waals surface area contributed by atoms with Crippen molar-refractivity contribution in [1.82, 2.24) is 0 Å². The average Bonchev–Trinajstić information content (AvgIpc) is 3.59. The van der Waals surface area contributed by atoms with Crippen LogP contribution in [-0.4, -0.2) is 22.8 Å². The third-order valence-electron chi connectivity index (χ3n) is 9.43. The lowest BCUT2D eigenvalue weighted by molar-refractivity contribution is -0.125. The minimum atomic E-state index is -0.671. The number of carbonyl (C=O) groups excluding carboxylic acids is 2. The Morgan fingerprint density at radius 2 is 1.19 bits per heavy atom. The van der Waals surface area contributed by atoms with Crippen molar-refractivity contribution in [2.75, 3.05) is 0 Å². The summed E-state index contributed by atoms with van der Waals surface area (Å²) in [5.41, 5.74) is 5.44. The number of carbonyl (C=O) groups is 2. The van der Waals surface area contributed by atoms with Gasteiger partial charge in [0.15, 0.2) is 17.2 Å². The number of hydrogen-bond acceptors (Lipinski definition) is 3. The zero-order valence-electron chi connectivity index (χ0n) is 28.1. The highest BCUT2D eigenvalue weighted by Gasteiger charge is 2.77. The Morgan fingerprint density at radius 1 is 0.674 bits per heavy atom. The van der Waals surface area contributed by atoms with Crippen molar-refractivity contribution >= 4 is 11.6 Å². The Bertz CT molecular complexity index is 1420. The van der Waals surface area contributed by atoms with Crippen LogP contribution >= 0.6 is 0 Å². The lowest BCUT2D eigenvalue weighted by atomic mass is 9.63. The van der Waals surface area contributed by atoms with Crippen molar-refractivity contribution < 1.29 is 14.3 Å². The molecule has 2 aliphatic carbocycles. The first-order valence-corrected chi connectivity index (χ1v) is 15.6. The molecule has 0 aromatic heterocycles. The van der Waals surface area contributed by atoms with Crippen molar-refractivity contribution in [3.05, 3.63) is 119 Å². The molecule has 3 rings (SSSR count). The molecule has 0 spiro atoms. The molecular formula is C40H52O3. The van der Waals surface area contributed by atoms with Crippen molar-refractivity contribution in [3.8, 4) is 0 Å². The van der Waals surface area contributed by atoms with E-state index in [0.29, 0.717) is 12.8 Å². The molecule has 2 atom stereocenters. The van der Waals surface area contributed by atoms with Crippen molar-refractivity contribution in [1.29, 1.82) is 0 Å². The zero-order chi connectivity index (χ0) is 32.1. The molecule has 1 heterocycles. The number of allylic oxidation sites excluding steroid dienone is 19. The normalized spacial score (nSPS) is 28.9. The third kappa shape index (κ3) is 8.00. The van der Waals surface area contributed by atoms with E-state index in [2.05, 4.69) is 128 Å². The van der Waals surface area contributed by atoms with E-state index < -0.39 is 11.2 Å². The maximum atomic E-state index is 12.4. The van der Waals surface area contributed by atoms with E-state index in [-0.39, 0.29) is 22.4 Å². The summed E-state index contributed by atoms with van der Waals surface area (Å²) in [5.74, 6) is 0.487. The maximum Gasteiger partial charge on any atom is 0.167 e. The molecule has 2 unspecified atom stereocenters. The first-order chi connectivity index (χ1) is 20.0. The van der Waals surface area contributed by atoms with Crippen LogP contribution < -0.4 is 0 Å². The molecule has 0 aromatic rings. The van der Waals surface area contributed by atoms with Crippen molar-refractivity contribution in [2.24, 2.45) is 10.8 Å². The monoisotopic (exact) mass is 580 g/mol. The van der Waals surface area contributed by atoms with E-state index in [4.69, 9.17) is 4.74 Å². The van der Waals surface area contributed by atoms with Gasteiger partial charge in [-0.25, -0.2) is 0 Å². The Hall–Kier alpha value is -3.30. The maximum absolute atomic E-state index is 12.4. The summed E-state index contributed by atoms with van der Waals surface area (Å²) in [4.78, 5) is 24.6. The molecule has 3 nitrogen and oxygen atoms in total. The predicted molar refractivity (Wildman–Crippen MR) is 182 cm³/mol. The van der Waals surface area contributed by atoms with Crippen LogP contribution in [0.5, 0.6) is 0 Å². The number of fused-ring (bicyclic) bond motifs is 1. The van der Waals surface area contributed by atoms with Gasteiger partial charge in [-0.3, -0.25) is 9.59 Å². The molecule has 230 valence electrons. The van der Waals surface area contributed by atoms with Gasteiger partial charge in [0.25, 0.3) is 0 Å². The number of rotatable bonds is 10. The predicted octanol–water partition coefficient (Wildman–Crippen LogP) is 10.2. The minimum absolute atomic E-state index is 0.0376. The second kappa shape index (κ2) is 13.6. The Labute approximate surface area is 260 Å². The quantitative estimate of drug-likeness (QED) is 0.191. The summed E-state index contributed by atoms with van der Waals surface area (Å²) < 4.78 is 6.10. The SMILES string of the molecule is CC1=C(/C=C/C(C)=C/C=C/C(C)=C/C=C\C=C(C)\C=C\C=C(C)\C=C\C23OC2(C)C(=O)CCC3(C)C)C(C)(C)CCC1=O. The molecule has 0 amide bonds. The van der Waals surface area contributed by atoms with Gasteiger partial charge < -0.3 is 4.74 Å². The largest absolute Gasteiger partial charge is 0.349 e. The van der Waals surface area contributed by atoms with E-state index in [9.17, 15) is 9.59 Å². The lowest BCUT2D eigenvalue weighted by Crippen LogP contribution is -2.46. The molecule has 43 heavy (non-hydrogen) atoms. The Kier molecular flexibility index (Phi) is 10.8. The van der Waals surface area contributed by atoms with Crippen LogP contribution in [0.2, 0.25) is 0 Å². The van der Waals surface area contributed by atoms with Gasteiger partial charge >= 0.3 is 0 Å². The fourth-order valence-corrected chi connectivity index (χ4v) is 6.17. The standard InChI is InChI=1S/C40H52O3/c1-29(17-13-19-31(3)21-22-34-33(5)35(41)24-26-37(34,6)7)15-11-12-16-30(2)18-14-20-32(4)23-28-40-38(8,9)27-25-36(42)39(40,10)43-40/h11-23,28H,24-27H2,1-10H3/b12-11-,17-13+,18-14+,22-21+,28-23+,29-15+,30-16+,31-19+,32-20+. The summed E-state index contributed by atoms with van der Waals surface area (Å²) in [7, 11) is 0. The number of hydrogen-bond donors (Lipinski definition) is 0. The molecule has 2 fully saturated rings. The molecular weight excluding hydrogens is 528 g/mol. The first-order valence-electron chi connectivity index (χ1n) is 15.6. The van der Waals surface area contributed by atoms with Crippen molar-refractivity contribution in [2.45, 2.75) is 106 Å². The van der Waals surface area contributed by atoms with Crippen LogP contribution in [0.1, 0.15) is 94.9 Å². The van der Waals surface area contributed by atoms with E-state index in [0.717, 1.165) is 46.3 Å². The molecule has 3 heteroatoms. The second-order valence-corrected chi connectivity index (χ2v) is 13.9. The highest BCUT2D eigenvalue weighted by molar-refractivity contribution is 5.97. The van der Waals surface area contributed by atoms with Crippen LogP contribution in [0.4, 0.5) is 0 Å². The van der Waals surface area contributed by atoms with Crippen LogP contribution in [0.25, 0.3) is 0 Å². The summed E-state index contributed by atoms with van der Waals surface area (Å²) in [6.45, 7) is 21.0. The van der Waals surface area contributed by atoms with E-state index in [1.165, 1.54) is 0 Å². The lowest BCUT2D eigenvalue weighted by Gasteiger charge is -2.35. The molecule has 1 saturated carbocycles.